The number of aromatic nitrogens is 4. The predicted octanol–water partition coefficient (Wildman–Crippen LogP) is 4.15. The Kier molecular flexibility index (Phi) is 5.48. The maximum Gasteiger partial charge on any atom is 0.269 e. The number of amides is 1. The molecule has 1 aromatic carbocycles. The van der Waals surface area contributed by atoms with Crippen molar-refractivity contribution in [1.29, 1.82) is 0 Å². The smallest absolute Gasteiger partial charge is 0.269 e. The maximum absolute atomic E-state index is 13.3. The van der Waals surface area contributed by atoms with Gasteiger partial charge in [-0.25, -0.2) is 9.67 Å². The minimum Gasteiger partial charge on any atom is -0.306 e. The highest BCUT2D eigenvalue weighted by molar-refractivity contribution is 7.20. The molecule has 174 valence electrons. The summed E-state index contributed by atoms with van der Waals surface area (Å²) in [6, 6.07) is 7.64. The molecule has 0 aliphatic carbocycles. The molecule has 34 heavy (non-hydrogen) atoms. The van der Waals surface area contributed by atoms with Crippen LogP contribution in [0.1, 0.15) is 46.0 Å². The third kappa shape index (κ3) is 3.77. The van der Waals surface area contributed by atoms with Crippen LogP contribution in [0.4, 0.5) is 11.5 Å². The number of nitrogens with zero attached hydrogens (tertiary/aromatic N) is 5. The average Bonchev–Trinajstić information content (AvgIpc) is 3.23. The number of carbonyl (C=O) groups is 1. The number of nitro groups is 1. The first-order valence-electron chi connectivity index (χ1n) is 11.0. The van der Waals surface area contributed by atoms with Crippen molar-refractivity contribution in [2.75, 3.05) is 5.32 Å². The molecule has 4 aromatic rings. The summed E-state index contributed by atoms with van der Waals surface area (Å²) in [5.74, 6) is 0.854. The number of aryl methyl sites for hydroxylation is 3. The van der Waals surface area contributed by atoms with E-state index in [0.29, 0.717) is 44.4 Å². The minimum absolute atomic E-state index is 0.0312. The molecule has 5 rings (SSSR count). The molecule has 1 N–H and O–H groups in total. The molecule has 0 spiro atoms. The van der Waals surface area contributed by atoms with E-state index >= 15 is 0 Å². The topological polar surface area (TPSA) is 125 Å². The second-order valence-electron chi connectivity index (χ2n) is 8.34. The molecular formula is C23H22N6O4S. The number of non-ortho nitro benzene ring substituents is 1. The van der Waals surface area contributed by atoms with E-state index in [1.807, 2.05) is 0 Å². The maximum atomic E-state index is 13.3. The van der Waals surface area contributed by atoms with Gasteiger partial charge in [-0.05, 0) is 44.4 Å². The van der Waals surface area contributed by atoms with Gasteiger partial charge in [0.25, 0.3) is 17.2 Å². The summed E-state index contributed by atoms with van der Waals surface area (Å²) in [7, 11) is 0. The largest absolute Gasteiger partial charge is 0.306 e. The fourth-order valence-corrected chi connectivity index (χ4v) is 5.39. The summed E-state index contributed by atoms with van der Waals surface area (Å²) < 4.78 is 3.28. The van der Waals surface area contributed by atoms with Crippen LogP contribution in [-0.4, -0.2) is 30.2 Å². The molecule has 11 heteroatoms. The molecular weight excluding hydrogens is 456 g/mol. The van der Waals surface area contributed by atoms with E-state index in [1.54, 1.807) is 36.6 Å². The normalized spacial score (nSPS) is 13.5. The van der Waals surface area contributed by atoms with Crippen molar-refractivity contribution < 1.29 is 9.72 Å². The molecule has 1 aliphatic heterocycles. The quantitative estimate of drug-likeness (QED) is 0.347. The van der Waals surface area contributed by atoms with E-state index < -0.39 is 4.92 Å². The molecule has 3 aromatic heterocycles. The van der Waals surface area contributed by atoms with Crippen LogP contribution in [0.5, 0.6) is 0 Å². The van der Waals surface area contributed by atoms with E-state index in [1.165, 1.54) is 28.2 Å². The Morgan fingerprint density at radius 3 is 2.68 bits per heavy atom. The Labute approximate surface area is 198 Å². The van der Waals surface area contributed by atoms with Gasteiger partial charge in [0.1, 0.15) is 16.5 Å². The first-order valence-corrected chi connectivity index (χ1v) is 11.8. The van der Waals surface area contributed by atoms with E-state index in [-0.39, 0.29) is 17.2 Å². The summed E-state index contributed by atoms with van der Waals surface area (Å²) in [4.78, 5) is 42.7. The zero-order valence-corrected chi connectivity index (χ0v) is 19.5. The zero-order chi connectivity index (χ0) is 24.0. The number of hydrogen-bond acceptors (Lipinski definition) is 7. The van der Waals surface area contributed by atoms with E-state index in [4.69, 9.17) is 4.98 Å². The van der Waals surface area contributed by atoms with E-state index in [0.717, 1.165) is 31.5 Å². The van der Waals surface area contributed by atoms with Gasteiger partial charge in [-0.2, -0.15) is 5.10 Å². The molecule has 4 heterocycles. The second kappa shape index (κ2) is 8.49. The first kappa shape index (κ1) is 22.0. The van der Waals surface area contributed by atoms with Crippen molar-refractivity contribution in [2.24, 2.45) is 0 Å². The van der Waals surface area contributed by atoms with Gasteiger partial charge in [0.05, 0.1) is 26.6 Å². The van der Waals surface area contributed by atoms with Crippen molar-refractivity contribution in [3.05, 3.63) is 72.8 Å². The van der Waals surface area contributed by atoms with Crippen molar-refractivity contribution >= 4 is 39.0 Å². The number of carbonyl (C=O) groups excluding carboxylic acids is 1. The lowest BCUT2D eigenvalue weighted by Gasteiger charge is -2.09. The van der Waals surface area contributed by atoms with Gasteiger partial charge in [0.15, 0.2) is 0 Å². The molecule has 1 amide bonds. The number of rotatable bonds is 4. The highest BCUT2D eigenvalue weighted by Gasteiger charge is 2.23. The highest BCUT2D eigenvalue weighted by atomic mass is 32.1. The van der Waals surface area contributed by atoms with Gasteiger partial charge in [-0.15, -0.1) is 11.3 Å². The number of benzene rings is 1. The lowest BCUT2D eigenvalue weighted by molar-refractivity contribution is -0.384. The van der Waals surface area contributed by atoms with Gasteiger partial charge in [0, 0.05) is 31.2 Å². The zero-order valence-electron chi connectivity index (χ0n) is 18.7. The average molecular weight is 479 g/mol. The van der Waals surface area contributed by atoms with Crippen LogP contribution in [0.15, 0.2) is 35.1 Å². The Morgan fingerprint density at radius 2 is 1.94 bits per heavy atom. The molecule has 0 saturated carbocycles. The lowest BCUT2D eigenvalue weighted by Crippen LogP contribution is -2.24. The second-order valence-corrected chi connectivity index (χ2v) is 9.34. The van der Waals surface area contributed by atoms with Gasteiger partial charge in [-0.1, -0.05) is 6.42 Å². The molecule has 0 fully saturated rings. The summed E-state index contributed by atoms with van der Waals surface area (Å²) >= 11 is 1.22. The van der Waals surface area contributed by atoms with Crippen LogP contribution in [0, 0.1) is 24.0 Å². The Balaban J connectivity index is 1.50. The predicted molar refractivity (Wildman–Crippen MR) is 129 cm³/mol. The number of nitrogens with one attached hydrogen (secondary N) is 1. The fraction of sp³-hybridized carbons (Fsp3) is 0.304. The summed E-state index contributed by atoms with van der Waals surface area (Å²) in [6.45, 7) is 4.22. The van der Waals surface area contributed by atoms with Gasteiger partial charge in [0.2, 0.25) is 0 Å². The van der Waals surface area contributed by atoms with Crippen LogP contribution >= 0.6 is 11.3 Å². The lowest BCUT2D eigenvalue weighted by atomic mass is 10.2. The van der Waals surface area contributed by atoms with Crippen LogP contribution in [0.25, 0.3) is 15.9 Å². The third-order valence-corrected chi connectivity index (χ3v) is 7.18. The SMILES string of the molecule is Cc1cc(NC(=O)c2sc3nc4n(c(=O)c3c2C)CCCCC4)n(-c2ccc([N+](=O)[O-])cc2)n1. The van der Waals surface area contributed by atoms with E-state index in [9.17, 15) is 19.7 Å². The summed E-state index contributed by atoms with van der Waals surface area (Å²) in [5.41, 5.74) is 1.75. The monoisotopic (exact) mass is 478 g/mol. The fourth-order valence-electron chi connectivity index (χ4n) is 4.30. The molecule has 1 aliphatic rings. The van der Waals surface area contributed by atoms with E-state index in [2.05, 4.69) is 10.4 Å². The number of nitro benzene ring substituents is 1. The number of anilines is 1. The van der Waals surface area contributed by atoms with Crippen molar-refractivity contribution in [2.45, 2.75) is 46.1 Å². The van der Waals surface area contributed by atoms with Crippen LogP contribution in [0.2, 0.25) is 0 Å². The van der Waals surface area contributed by atoms with Crippen molar-refractivity contribution in [3.8, 4) is 5.69 Å². The van der Waals surface area contributed by atoms with Gasteiger partial charge < -0.3 is 5.32 Å². The Bertz CT molecular complexity index is 1500. The molecule has 0 unspecified atom stereocenters. The van der Waals surface area contributed by atoms with Crippen molar-refractivity contribution in [3.63, 3.8) is 0 Å². The Morgan fingerprint density at radius 1 is 1.18 bits per heavy atom. The molecule has 0 saturated heterocycles. The van der Waals surface area contributed by atoms with Gasteiger partial charge in [-0.3, -0.25) is 24.3 Å². The standard InChI is InChI=1S/C23H22N6O4S/c1-13-12-18(28(26-13)15-7-9-16(10-8-15)29(32)33)24-21(30)20-14(2)19-22(34-20)25-17-6-4-3-5-11-27(17)23(19)31/h7-10,12H,3-6,11H2,1-2H3,(H,24,30). The van der Waals surface area contributed by atoms with Crippen LogP contribution in [0.3, 0.4) is 0 Å². The number of fused-ring (bicyclic) bond motifs is 2. The molecule has 10 nitrogen and oxygen atoms in total. The Hall–Kier alpha value is -3.86. The molecule has 0 radical (unpaired) electrons. The minimum atomic E-state index is -0.471. The number of thiophene rings is 1. The third-order valence-electron chi connectivity index (χ3n) is 6.00. The summed E-state index contributed by atoms with van der Waals surface area (Å²) in [5, 5.41) is 18.8. The summed E-state index contributed by atoms with van der Waals surface area (Å²) in [6.07, 6.45) is 3.78. The van der Waals surface area contributed by atoms with Crippen molar-refractivity contribution in [1.82, 2.24) is 19.3 Å². The highest BCUT2D eigenvalue weighted by Crippen LogP contribution is 2.29. The van der Waals surface area contributed by atoms with Gasteiger partial charge >= 0.3 is 0 Å². The van der Waals surface area contributed by atoms with Crippen LogP contribution in [-0.2, 0) is 13.0 Å². The molecule has 0 bridgehead atoms. The molecule has 0 atom stereocenters. The first-order chi connectivity index (χ1) is 16.3. The van der Waals surface area contributed by atoms with Crippen LogP contribution < -0.4 is 10.9 Å². The number of hydrogen-bond donors (Lipinski definition) is 1.